The van der Waals surface area contributed by atoms with E-state index in [0.717, 1.165) is 0 Å². The van der Waals surface area contributed by atoms with Gasteiger partial charge in [0, 0.05) is 6.54 Å². The molecule has 10 nitrogen and oxygen atoms in total. The molecular formula is C13H22N4O6. The van der Waals surface area contributed by atoms with Gasteiger partial charge in [-0.2, -0.15) is 0 Å². The average Bonchev–Trinajstić information content (AvgIpc) is 2.42. The Bertz CT molecular complexity index is 489. The fourth-order valence-electron chi connectivity index (χ4n) is 2.19. The molecule has 1 aliphatic carbocycles. The molecule has 0 saturated heterocycles. The Morgan fingerprint density at radius 2 is 1.78 bits per heavy atom. The van der Waals surface area contributed by atoms with E-state index in [-0.39, 0.29) is 6.54 Å². The van der Waals surface area contributed by atoms with Crippen LogP contribution in [0.2, 0.25) is 0 Å². The number of hydrogen-bond donors (Lipinski definition) is 6. The Labute approximate surface area is 132 Å². The van der Waals surface area contributed by atoms with E-state index < -0.39 is 47.9 Å². The van der Waals surface area contributed by atoms with Crippen LogP contribution in [0.5, 0.6) is 0 Å². The fraction of sp³-hybridized carbons (Fsp3) is 0.692. The predicted molar refractivity (Wildman–Crippen MR) is 78.4 cm³/mol. The standard InChI is InChI=1S/C13H22N4O6/c1-7(14)10(20)15-5-8(11(21)22)17-13(3-2-4-13)12(23)16-6-9(18)19/h7-8,17H,2-6,14H2,1H3,(H,15,20)(H,16,23)(H,18,19)(H,21,22)/t7-,8-/m0/s1. The Kier molecular flexibility index (Phi) is 6.46. The highest BCUT2D eigenvalue weighted by atomic mass is 16.4. The Morgan fingerprint density at radius 1 is 1.17 bits per heavy atom. The molecule has 0 radical (unpaired) electrons. The second-order valence-corrected chi connectivity index (χ2v) is 5.58. The third-order valence-corrected chi connectivity index (χ3v) is 3.68. The third kappa shape index (κ3) is 5.18. The molecule has 0 aliphatic heterocycles. The summed E-state index contributed by atoms with van der Waals surface area (Å²) in [6.07, 6.45) is 1.50. The van der Waals surface area contributed by atoms with Crippen LogP contribution in [0.25, 0.3) is 0 Å². The Balaban J connectivity index is 2.68. The normalized spacial score (nSPS) is 18.2. The van der Waals surface area contributed by atoms with Crippen molar-refractivity contribution in [3.05, 3.63) is 0 Å². The summed E-state index contributed by atoms with van der Waals surface area (Å²) in [6.45, 7) is 0.691. The predicted octanol–water partition coefficient (Wildman–Crippen LogP) is -2.38. The van der Waals surface area contributed by atoms with Crippen molar-refractivity contribution in [2.45, 2.75) is 43.8 Å². The summed E-state index contributed by atoms with van der Waals surface area (Å²) < 4.78 is 0. The molecule has 1 aliphatic rings. The molecule has 1 rings (SSSR count). The van der Waals surface area contributed by atoms with Crippen molar-refractivity contribution in [1.82, 2.24) is 16.0 Å². The number of aliphatic carboxylic acids is 2. The smallest absolute Gasteiger partial charge is 0.322 e. The van der Waals surface area contributed by atoms with Gasteiger partial charge in [-0.05, 0) is 26.2 Å². The van der Waals surface area contributed by atoms with Crippen molar-refractivity contribution in [3.8, 4) is 0 Å². The first-order chi connectivity index (χ1) is 10.7. The molecule has 23 heavy (non-hydrogen) atoms. The number of carboxylic acids is 2. The summed E-state index contributed by atoms with van der Waals surface area (Å²) in [6, 6.07) is -1.96. The van der Waals surface area contributed by atoms with Crippen LogP contribution in [0.1, 0.15) is 26.2 Å². The third-order valence-electron chi connectivity index (χ3n) is 3.68. The van der Waals surface area contributed by atoms with E-state index in [2.05, 4.69) is 16.0 Å². The lowest BCUT2D eigenvalue weighted by molar-refractivity contribution is -0.144. The van der Waals surface area contributed by atoms with Gasteiger partial charge >= 0.3 is 11.9 Å². The highest BCUT2D eigenvalue weighted by molar-refractivity contribution is 5.90. The molecule has 1 fully saturated rings. The second kappa shape index (κ2) is 7.88. The molecule has 0 aromatic carbocycles. The molecule has 0 heterocycles. The van der Waals surface area contributed by atoms with Gasteiger partial charge in [0.05, 0.1) is 11.6 Å². The maximum absolute atomic E-state index is 12.1. The van der Waals surface area contributed by atoms with Gasteiger partial charge in [0.2, 0.25) is 11.8 Å². The molecule has 10 heteroatoms. The van der Waals surface area contributed by atoms with Gasteiger partial charge in [-0.25, -0.2) is 0 Å². The van der Waals surface area contributed by atoms with E-state index in [1.54, 1.807) is 0 Å². The van der Waals surface area contributed by atoms with Crippen LogP contribution in [0, 0.1) is 0 Å². The number of amides is 2. The van der Waals surface area contributed by atoms with E-state index in [0.29, 0.717) is 19.3 Å². The van der Waals surface area contributed by atoms with E-state index in [1.807, 2.05) is 0 Å². The van der Waals surface area contributed by atoms with Gasteiger partial charge in [-0.15, -0.1) is 0 Å². The van der Waals surface area contributed by atoms with Crippen molar-refractivity contribution >= 4 is 23.8 Å². The largest absolute Gasteiger partial charge is 0.480 e. The monoisotopic (exact) mass is 330 g/mol. The minimum atomic E-state index is -1.23. The van der Waals surface area contributed by atoms with Crippen molar-refractivity contribution in [2.75, 3.05) is 13.1 Å². The molecule has 1 saturated carbocycles. The van der Waals surface area contributed by atoms with Crippen molar-refractivity contribution < 1.29 is 29.4 Å². The number of carbonyl (C=O) groups excluding carboxylic acids is 2. The average molecular weight is 330 g/mol. The molecule has 0 spiro atoms. The highest BCUT2D eigenvalue weighted by Crippen LogP contribution is 2.32. The highest BCUT2D eigenvalue weighted by Gasteiger charge is 2.46. The number of carbonyl (C=O) groups is 4. The molecule has 0 aromatic heterocycles. The quantitative estimate of drug-likeness (QED) is 0.272. The SMILES string of the molecule is C[C@H](N)C(=O)NC[C@H](NC1(C(=O)NCC(=O)O)CCC1)C(=O)O. The first kappa shape index (κ1) is 18.8. The molecule has 2 atom stereocenters. The summed E-state index contributed by atoms with van der Waals surface area (Å²) in [7, 11) is 0. The van der Waals surface area contributed by atoms with Gasteiger partial charge < -0.3 is 26.6 Å². The lowest BCUT2D eigenvalue weighted by Crippen LogP contribution is -2.67. The van der Waals surface area contributed by atoms with Gasteiger partial charge in [-0.3, -0.25) is 24.5 Å². The number of rotatable bonds is 9. The molecular weight excluding hydrogens is 308 g/mol. The van der Waals surface area contributed by atoms with Crippen LogP contribution in [-0.4, -0.2) is 64.7 Å². The topological polar surface area (TPSA) is 171 Å². The number of nitrogens with one attached hydrogen (secondary N) is 3. The number of nitrogens with two attached hydrogens (primary N) is 1. The maximum atomic E-state index is 12.1. The summed E-state index contributed by atoms with van der Waals surface area (Å²) in [5, 5.41) is 25.2. The molecule has 130 valence electrons. The first-order valence-corrected chi connectivity index (χ1v) is 7.22. The van der Waals surface area contributed by atoms with Crippen molar-refractivity contribution in [2.24, 2.45) is 5.73 Å². The fourth-order valence-corrected chi connectivity index (χ4v) is 2.19. The van der Waals surface area contributed by atoms with Crippen molar-refractivity contribution in [3.63, 3.8) is 0 Å². The molecule has 7 N–H and O–H groups in total. The summed E-state index contributed by atoms with van der Waals surface area (Å²) in [5.74, 6) is -3.48. The zero-order valence-corrected chi connectivity index (χ0v) is 12.8. The lowest BCUT2D eigenvalue weighted by atomic mass is 9.75. The van der Waals surface area contributed by atoms with Gasteiger partial charge in [0.15, 0.2) is 0 Å². The maximum Gasteiger partial charge on any atom is 0.322 e. The zero-order valence-electron chi connectivity index (χ0n) is 12.8. The minimum Gasteiger partial charge on any atom is -0.480 e. The van der Waals surface area contributed by atoms with Crippen LogP contribution in [0.4, 0.5) is 0 Å². The molecule has 0 aromatic rings. The van der Waals surface area contributed by atoms with Crippen molar-refractivity contribution in [1.29, 1.82) is 0 Å². The van der Waals surface area contributed by atoms with Gasteiger partial charge in [-0.1, -0.05) is 0 Å². The number of carboxylic acid groups (broad SMARTS) is 2. The van der Waals surface area contributed by atoms with E-state index in [9.17, 15) is 24.3 Å². The van der Waals surface area contributed by atoms with Crippen LogP contribution in [0.15, 0.2) is 0 Å². The first-order valence-electron chi connectivity index (χ1n) is 7.22. The summed E-state index contributed by atoms with van der Waals surface area (Å²) in [5.41, 5.74) is 4.25. The Hall–Kier alpha value is -2.20. The molecule has 2 amide bonds. The second-order valence-electron chi connectivity index (χ2n) is 5.58. The molecule has 0 bridgehead atoms. The van der Waals surface area contributed by atoms with E-state index in [4.69, 9.17) is 10.8 Å². The van der Waals surface area contributed by atoms with Gasteiger partial charge in [0.25, 0.3) is 0 Å². The summed E-state index contributed by atoms with van der Waals surface area (Å²) in [4.78, 5) is 45.4. The Morgan fingerprint density at radius 3 is 2.17 bits per heavy atom. The number of hydrogen-bond acceptors (Lipinski definition) is 6. The van der Waals surface area contributed by atoms with E-state index >= 15 is 0 Å². The summed E-state index contributed by atoms with van der Waals surface area (Å²) >= 11 is 0. The lowest BCUT2D eigenvalue weighted by Gasteiger charge is -2.42. The molecule has 0 unspecified atom stereocenters. The van der Waals surface area contributed by atoms with Crippen LogP contribution < -0.4 is 21.7 Å². The van der Waals surface area contributed by atoms with E-state index in [1.165, 1.54) is 6.92 Å². The minimum absolute atomic E-state index is 0.232. The zero-order chi connectivity index (χ0) is 17.6. The van der Waals surface area contributed by atoms with Crippen LogP contribution >= 0.6 is 0 Å². The van der Waals surface area contributed by atoms with Crippen LogP contribution in [0.3, 0.4) is 0 Å². The van der Waals surface area contributed by atoms with Crippen LogP contribution in [-0.2, 0) is 19.2 Å². The van der Waals surface area contributed by atoms with Gasteiger partial charge in [0.1, 0.15) is 12.6 Å².